The Bertz CT molecular complexity index is 157. The Kier molecular flexibility index (Phi) is 5.71. The van der Waals surface area contributed by atoms with Gasteiger partial charge in [-0.05, 0) is 19.3 Å². The second kappa shape index (κ2) is 5.97. The standard InChI is InChI=1S/C10H21NO2/c1-5-6-9(11)10(12)13-8(4)7(2)3/h7-9H,5-6,11H2,1-4H3/t8-,9-/m0/s1. The fourth-order valence-electron chi connectivity index (χ4n) is 0.836. The van der Waals surface area contributed by atoms with Gasteiger partial charge in [0.25, 0.3) is 0 Å². The molecule has 0 aliphatic heterocycles. The van der Waals surface area contributed by atoms with Gasteiger partial charge in [0.1, 0.15) is 12.1 Å². The van der Waals surface area contributed by atoms with Gasteiger partial charge < -0.3 is 10.5 Å². The number of esters is 1. The van der Waals surface area contributed by atoms with E-state index in [9.17, 15) is 4.79 Å². The highest BCUT2D eigenvalue weighted by Gasteiger charge is 2.18. The molecule has 2 N–H and O–H groups in total. The summed E-state index contributed by atoms with van der Waals surface area (Å²) in [4.78, 5) is 11.3. The highest BCUT2D eigenvalue weighted by molar-refractivity contribution is 5.75. The fraction of sp³-hybridized carbons (Fsp3) is 0.900. The van der Waals surface area contributed by atoms with E-state index in [1.165, 1.54) is 0 Å². The predicted molar refractivity (Wildman–Crippen MR) is 53.3 cm³/mol. The van der Waals surface area contributed by atoms with Crippen LogP contribution < -0.4 is 5.73 Å². The molecule has 3 heteroatoms. The maximum atomic E-state index is 11.3. The van der Waals surface area contributed by atoms with E-state index < -0.39 is 6.04 Å². The molecule has 78 valence electrons. The molecule has 0 spiro atoms. The van der Waals surface area contributed by atoms with Crippen molar-refractivity contribution in [3.63, 3.8) is 0 Å². The first-order chi connectivity index (χ1) is 5.99. The maximum absolute atomic E-state index is 11.3. The minimum absolute atomic E-state index is 0.0459. The third-order valence-electron chi connectivity index (χ3n) is 2.14. The van der Waals surface area contributed by atoms with Crippen LogP contribution in [-0.2, 0) is 9.53 Å². The van der Waals surface area contributed by atoms with Gasteiger partial charge in [-0.2, -0.15) is 0 Å². The molecule has 0 saturated carbocycles. The van der Waals surface area contributed by atoms with Crippen molar-refractivity contribution >= 4 is 5.97 Å². The van der Waals surface area contributed by atoms with Gasteiger partial charge in [-0.1, -0.05) is 27.2 Å². The van der Waals surface area contributed by atoms with Crippen LogP contribution in [0.4, 0.5) is 0 Å². The molecule has 0 aromatic rings. The zero-order valence-electron chi connectivity index (χ0n) is 9.04. The van der Waals surface area contributed by atoms with Crippen LogP contribution in [0.25, 0.3) is 0 Å². The molecule has 0 radical (unpaired) electrons. The van der Waals surface area contributed by atoms with E-state index >= 15 is 0 Å². The molecule has 13 heavy (non-hydrogen) atoms. The van der Waals surface area contributed by atoms with Crippen molar-refractivity contribution in [2.75, 3.05) is 0 Å². The minimum Gasteiger partial charge on any atom is -0.461 e. The molecule has 0 fully saturated rings. The quantitative estimate of drug-likeness (QED) is 0.666. The summed E-state index contributed by atoms with van der Waals surface area (Å²) in [6, 6.07) is -0.453. The Labute approximate surface area is 80.6 Å². The highest BCUT2D eigenvalue weighted by atomic mass is 16.5. The van der Waals surface area contributed by atoms with Gasteiger partial charge in [-0.15, -0.1) is 0 Å². The molecule has 0 unspecified atom stereocenters. The van der Waals surface area contributed by atoms with Crippen molar-refractivity contribution in [2.45, 2.75) is 52.7 Å². The predicted octanol–water partition coefficient (Wildman–Crippen LogP) is 1.70. The van der Waals surface area contributed by atoms with Gasteiger partial charge in [0, 0.05) is 0 Å². The summed E-state index contributed by atoms with van der Waals surface area (Å²) in [5.41, 5.74) is 5.60. The molecule has 0 amide bonds. The molecule has 2 atom stereocenters. The van der Waals surface area contributed by atoms with Crippen molar-refractivity contribution in [3.8, 4) is 0 Å². The molecule has 0 aromatic carbocycles. The van der Waals surface area contributed by atoms with Crippen LogP contribution in [0.2, 0.25) is 0 Å². The average Bonchev–Trinajstić information content (AvgIpc) is 2.04. The zero-order chi connectivity index (χ0) is 10.4. The van der Waals surface area contributed by atoms with E-state index in [1.54, 1.807) is 0 Å². The lowest BCUT2D eigenvalue weighted by molar-refractivity contribution is -0.152. The molecule has 0 saturated heterocycles. The summed E-state index contributed by atoms with van der Waals surface area (Å²) in [6.45, 7) is 7.92. The number of rotatable bonds is 5. The lowest BCUT2D eigenvalue weighted by atomic mass is 10.1. The number of hydrogen-bond donors (Lipinski definition) is 1. The number of ether oxygens (including phenoxy) is 1. The Hall–Kier alpha value is -0.570. The van der Waals surface area contributed by atoms with Crippen LogP contribution in [-0.4, -0.2) is 18.1 Å². The van der Waals surface area contributed by atoms with Gasteiger partial charge in [-0.25, -0.2) is 0 Å². The molecular weight excluding hydrogens is 166 g/mol. The fourth-order valence-corrected chi connectivity index (χ4v) is 0.836. The topological polar surface area (TPSA) is 52.3 Å². The second-order valence-electron chi connectivity index (χ2n) is 3.78. The van der Waals surface area contributed by atoms with Gasteiger partial charge in [0.2, 0.25) is 0 Å². The van der Waals surface area contributed by atoms with Gasteiger partial charge >= 0.3 is 5.97 Å². The number of carbonyl (C=O) groups excluding carboxylic acids is 1. The van der Waals surface area contributed by atoms with Crippen LogP contribution in [0.5, 0.6) is 0 Å². The summed E-state index contributed by atoms with van der Waals surface area (Å²) < 4.78 is 5.16. The first-order valence-corrected chi connectivity index (χ1v) is 4.95. The van der Waals surface area contributed by atoms with Crippen molar-refractivity contribution in [1.82, 2.24) is 0 Å². The summed E-state index contributed by atoms with van der Waals surface area (Å²) in [5.74, 6) is 0.0702. The summed E-state index contributed by atoms with van der Waals surface area (Å²) in [6.07, 6.45) is 1.56. The lowest BCUT2D eigenvalue weighted by Gasteiger charge is -2.19. The minimum atomic E-state index is -0.453. The maximum Gasteiger partial charge on any atom is 0.323 e. The summed E-state index contributed by atoms with van der Waals surface area (Å²) in [5, 5.41) is 0. The average molecular weight is 187 g/mol. The molecule has 0 aliphatic carbocycles. The van der Waals surface area contributed by atoms with Crippen LogP contribution in [0.1, 0.15) is 40.5 Å². The van der Waals surface area contributed by atoms with Crippen LogP contribution in [0.15, 0.2) is 0 Å². The van der Waals surface area contributed by atoms with E-state index in [4.69, 9.17) is 10.5 Å². The van der Waals surface area contributed by atoms with Crippen molar-refractivity contribution < 1.29 is 9.53 Å². The monoisotopic (exact) mass is 187 g/mol. The Balaban J connectivity index is 3.85. The smallest absolute Gasteiger partial charge is 0.323 e. The van der Waals surface area contributed by atoms with Crippen LogP contribution in [0.3, 0.4) is 0 Å². The second-order valence-corrected chi connectivity index (χ2v) is 3.78. The third kappa shape index (κ3) is 4.88. The van der Waals surface area contributed by atoms with Gasteiger partial charge in [0.05, 0.1) is 0 Å². The Morgan fingerprint density at radius 3 is 2.31 bits per heavy atom. The van der Waals surface area contributed by atoms with E-state index in [0.717, 1.165) is 6.42 Å². The lowest BCUT2D eigenvalue weighted by Crippen LogP contribution is -2.35. The highest BCUT2D eigenvalue weighted by Crippen LogP contribution is 2.07. The van der Waals surface area contributed by atoms with Crippen molar-refractivity contribution in [3.05, 3.63) is 0 Å². The normalized spacial score (nSPS) is 15.5. The molecular formula is C10H21NO2. The van der Waals surface area contributed by atoms with Crippen molar-refractivity contribution in [2.24, 2.45) is 11.7 Å². The Morgan fingerprint density at radius 1 is 1.38 bits per heavy atom. The van der Waals surface area contributed by atoms with Gasteiger partial charge in [-0.3, -0.25) is 4.79 Å². The first-order valence-electron chi connectivity index (χ1n) is 4.95. The van der Waals surface area contributed by atoms with E-state index in [1.807, 2.05) is 27.7 Å². The molecule has 0 aromatic heterocycles. The number of nitrogens with two attached hydrogens (primary N) is 1. The van der Waals surface area contributed by atoms with E-state index in [2.05, 4.69) is 0 Å². The SMILES string of the molecule is CCC[C@H](N)C(=O)O[C@@H](C)C(C)C. The molecule has 0 heterocycles. The molecule has 0 rings (SSSR count). The number of carbonyl (C=O) groups is 1. The van der Waals surface area contributed by atoms with Crippen LogP contribution >= 0.6 is 0 Å². The summed E-state index contributed by atoms with van der Waals surface area (Å²) >= 11 is 0. The van der Waals surface area contributed by atoms with E-state index in [-0.39, 0.29) is 12.1 Å². The molecule has 0 aliphatic rings. The summed E-state index contributed by atoms with van der Waals surface area (Å²) in [7, 11) is 0. The third-order valence-corrected chi connectivity index (χ3v) is 2.14. The zero-order valence-corrected chi connectivity index (χ0v) is 9.04. The Morgan fingerprint density at radius 2 is 1.92 bits per heavy atom. The van der Waals surface area contributed by atoms with Gasteiger partial charge in [0.15, 0.2) is 0 Å². The first kappa shape index (κ1) is 12.4. The van der Waals surface area contributed by atoms with Crippen molar-refractivity contribution in [1.29, 1.82) is 0 Å². The largest absolute Gasteiger partial charge is 0.461 e. The number of hydrogen-bond acceptors (Lipinski definition) is 3. The molecule has 3 nitrogen and oxygen atoms in total. The van der Waals surface area contributed by atoms with E-state index in [0.29, 0.717) is 12.3 Å². The molecule has 0 bridgehead atoms. The van der Waals surface area contributed by atoms with Crippen LogP contribution in [0, 0.1) is 5.92 Å².